The molecule has 0 aliphatic heterocycles. The van der Waals surface area contributed by atoms with E-state index in [2.05, 4.69) is 28.5 Å². The van der Waals surface area contributed by atoms with Gasteiger partial charge in [0.25, 0.3) is 0 Å². The third-order valence-electron chi connectivity index (χ3n) is 2.75. The molecule has 0 radical (unpaired) electrons. The van der Waals surface area contributed by atoms with Gasteiger partial charge < -0.3 is 9.88 Å². The van der Waals surface area contributed by atoms with Crippen LogP contribution < -0.4 is 5.32 Å². The molecule has 1 N–H and O–H groups in total. The highest BCUT2D eigenvalue weighted by Gasteiger charge is 2.10. The van der Waals surface area contributed by atoms with Gasteiger partial charge in [0.1, 0.15) is 6.33 Å². The molecule has 0 saturated carbocycles. The summed E-state index contributed by atoms with van der Waals surface area (Å²) in [6, 6.07) is 6.30. The summed E-state index contributed by atoms with van der Waals surface area (Å²) in [7, 11) is 3.84. The second-order valence-corrected chi connectivity index (χ2v) is 5.47. The van der Waals surface area contributed by atoms with Crippen LogP contribution >= 0.6 is 23.4 Å². The Balaban J connectivity index is 2.21. The third-order valence-corrected chi connectivity index (χ3v) is 4.12. The van der Waals surface area contributed by atoms with Crippen molar-refractivity contribution in [1.82, 2.24) is 20.1 Å². The van der Waals surface area contributed by atoms with Gasteiger partial charge in [-0.3, -0.25) is 0 Å². The Bertz CT molecular complexity index is 541. The normalized spacial score (nSPS) is 12.7. The molecule has 2 rings (SSSR count). The Morgan fingerprint density at radius 2 is 2.22 bits per heavy atom. The van der Waals surface area contributed by atoms with E-state index in [0.29, 0.717) is 0 Å². The lowest BCUT2D eigenvalue weighted by Gasteiger charge is -2.13. The molecular formula is C12H15ClN4S. The van der Waals surface area contributed by atoms with Crippen molar-refractivity contribution >= 4 is 23.4 Å². The van der Waals surface area contributed by atoms with E-state index in [1.807, 2.05) is 30.8 Å². The van der Waals surface area contributed by atoms with Crippen molar-refractivity contribution in [2.24, 2.45) is 7.05 Å². The lowest BCUT2D eigenvalue weighted by molar-refractivity contribution is 0.652. The van der Waals surface area contributed by atoms with Crippen LogP contribution in [0.25, 0.3) is 0 Å². The Morgan fingerprint density at radius 1 is 1.44 bits per heavy atom. The van der Waals surface area contributed by atoms with Gasteiger partial charge in [-0.1, -0.05) is 17.7 Å². The van der Waals surface area contributed by atoms with E-state index in [9.17, 15) is 0 Å². The van der Waals surface area contributed by atoms with Crippen LogP contribution in [0.1, 0.15) is 18.5 Å². The van der Waals surface area contributed by atoms with Gasteiger partial charge in [-0.25, -0.2) is 0 Å². The average Bonchev–Trinajstić information content (AvgIpc) is 2.74. The van der Waals surface area contributed by atoms with Crippen molar-refractivity contribution in [3.63, 3.8) is 0 Å². The maximum atomic E-state index is 6.29. The van der Waals surface area contributed by atoms with Crippen molar-refractivity contribution in [1.29, 1.82) is 0 Å². The first-order valence-electron chi connectivity index (χ1n) is 5.60. The molecule has 0 aliphatic carbocycles. The largest absolute Gasteiger partial charge is 0.313 e. The number of benzene rings is 1. The summed E-state index contributed by atoms with van der Waals surface area (Å²) in [5.41, 5.74) is 1.10. The van der Waals surface area contributed by atoms with Crippen molar-refractivity contribution < 1.29 is 0 Å². The first-order chi connectivity index (χ1) is 8.61. The maximum absolute atomic E-state index is 6.29. The molecule has 0 bridgehead atoms. The summed E-state index contributed by atoms with van der Waals surface area (Å²) in [5.74, 6) is 0. The Kier molecular flexibility index (Phi) is 4.27. The quantitative estimate of drug-likeness (QED) is 0.936. The van der Waals surface area contributed by atoms with Crippen LogP contribution in [-0.4, -0.2) is 21.8 Å². The van der Waals surface area contributed by atoms with E-state index in [4.69, 9.17) is 11.6 Å². The van der Waals surface area contributed by atoms with Crippen LogP contribution in [0, 0.1) is 0 Å². The highest BCUT2D eigenvalue weighted by molar-refractivity contribution is 7.99. The summed E-state index contributed by atoms with van der Waals surface area (Å²) in [5, 5.41) is 12.7. The molecule has 0 saturated heterocycles. The number of nitrogens with zero attached hydrogens (tertiary/aromatic N) is 3. The van der Waals surface area contributed by atoms with Crippen LogP contribution in [0.2, 0.25) is 5.02 Å². The van der Waals surface area contributed by atoms with E-state index in [-0.39, 0.29) is 6.04 Å². The molecule has 1 aromatic carbocycles. The zero-order valence-electron chi connectivity index (χ0n) is 10.5. The Labute approximate surface area is 116 Å². The van der Waals surface area contributed by atoms with Gasteiger partial charge in [-0.15, -0.1) is 10.2 Å². The SMILES string of the molecule is CNC(C)c1ccc(Sc2nncn2C)cc1Cl. The summed E-state index contributed by atoms with van der Waals surface area (Å²) in [6.07, 6.45) is 1.68. The molecule has 2 aromatic rings. The van der Waals surface area contributed by atoms with Crippen molar-refractivity contribution in [2.45, 2.75) is 23.0 Å². The topological polar surface area (TPSA) is 42.7 Å². The second kappa shape index (κ2) is 5.73. The van der Waals surface area contributed by atoms with E-state index < -0.39 is 0 Å². The monoisotopic (exact) mass is 282 g/mol. The highest BCUT2D eigenvalue weighted by Crippen LogP contribution is 2.31. The van der Waals surface area contributed by atoms with E-state index >= 15 is 0 Å². The molecule has 4 nitrogen and oxygen atoms in total. The number of halogens is 1. The predicted octanol–water partition coefficient (Wildman–Crippen LogP) is 2.90. The Morgan fingerprint density at radius 3 is 2.78 bits per heavy atom. The number of hydrogen-bond acceptors (Lipinski definition) is 4. The minimum absolute atomic E-state index is 0.242. The molecule has 1 aromatic heterocycles. The number of nitrogens with one attached hydrogen (secondary N) is 1. The number of aromatic nitrogens is 3. The summed E-state index contributed by atoms with van der Waals surface area (Å²) in [4.78, 5) is 1.06. The fourth-order valence-corrected chi connectivity index (χ4v) is 2.76. The predicted molar refractivity (Wildman–Crippen MR) is 74.1 cm³/mol. The zero-order valence-corrected chi connectivity index (χ0v) is 12.1. The molecule has 0 amide bonds. The van der Waals surface area contributed by atoms with Gasteiger partial charge >= 0.3 is 0 Å². The van der Waals surface area contributed by atoms with Gasteiger partial charge in [-0.05, 0) is 43.4 Å². The van der Waals surface area contributed by atoms with Crippen LogP contribution in [0.5, 0.6) is 0 Å². The van der Waals surface area contributed by atoms with Crippen molar-refractivity contribution in [3.05, 3.63) is 35.1 Å². The van der Waals surface area contributed by atoms with Crippen LogP contribution in [0.4, 0.5) is 0 Å². The molecular weight excluding hydrogens is 268 g/mol. The molecule has 0 fully saturated rings. The number of aryl methyl sites for hydroxylation is 1. The maximum Gasteiger partial charge on any atom is 0.195 e. The van der Waals surface area contributed by atoms with Gasteiger partial charge in [-0.2, -0.15) is 0 Å². The van der Waals surface area contributed by atoms with Gasteiger partial charge in [0.2, 0.25) is 0 Å². The standard InChI is InChI=1S/C12H15ClN4S/c1-8(14-2)10-5-4-9(6-11(10)13)18-12-16-15-7-17(12)3/h4-8,14H,1-3H3. The first kappa shape index (κ1) is 13.4. The molecule has 18 heavy (non-hydrogen) atoms. The second-order valence-electron chi connectivity index (χ2n) is 4.02. The van der Waals surface area contributed by atoms with E-state index in [1.54, 1.807) is 18.1 Å². The summed E-state index contributed by atoms with van der Waals surface area (Å²) in [6.45, 7) is 2.08. The average molecular weight is 283 g/mol. The van der Waals surface area contributed by atoms with Gasteiger partial charge in [0.15, 0.2) is 5.16 Å². The van der Waals surface area contributed by atoms with Crippen LogP contribution in [-0.2, 0) is 7.05 Å². The third kappa shape index (κ3) is 2.85. The molecule has 1 unspecified atom stereocenters. The molecule has 0 spiro atoms. The van der Waals surface area contributed by atoms with E-state index in [0.717, 1.165) is 20.6 Å². The van der Waals surface area contributed by atoms with Crippen LogP contribution in [0.3, 0.4) is 0 Å². The molecule has 0 aliphatic rings. The lowest BCUT2D eigenvalue weighted by Crippen LogP contribution is -2.12. The molecule has 6 heteroatoms. The number of hydrogen-bond donors (Lipinski definition) is 1. The van der Waals surface area contributed by atoms with E-state index in [1.165, 1.54) is 0 Å². The smallest absolute Gasteiger partial charge is 0.195 e. The Hall–Kier alpha value is -1.04. The van der Waals surface area contributed by atoms with Crippen molar-refractivity contribution in [3.8, 4) is 0 Å². The molecule has 1 atom stereocenters. The van der Waals surface area contributed by atoms with Crippen molar-refractivity contribution in [2.75, 3.05) is 7.05 Å². The minimum atomic E-state index is 0.242. The summed E-state index contributed by atoms with van der Waals surface area (Å²) >= 11 is 7.83. The lowest BCUT2D eigenvalue weighted by atomic mass is 10.1. The zero-order chi connectivity index (χ0) is 13.1. The fraction of sp³-hybridized carbons (Fsp3) is 0.333. The minimum Gasteiger partial charge on any atom is -0.313 e. The molecule has 96 valence electrons. The summed E-state index contributed by atoms with van der Waals surface area (Å²) < 4.78 is 1.88. The molecule has 1 heterocycles. The number of rotatable bonds is 4. The van der Waals surface area contributed by atoms with Gasteiger partial charge in [0, 0.05) is 23.0 Å². The first-order valence-corrected chi connectivity index (χ1v) is 6.80. The van der Waals surface area contributed by atoms with Gasteiger partial charge in [0.05, 0.1) is 0 Å². The fourth-order valence-electron chi connectivity index (χ4n) is 1.55. The van der Waals surface area contributed by atoms with Crippen LogP contribution in [0.15, 0.2) is 34.6 Å². The highest BCUT2D eigenvalue weighted by atomic mass is 35.5.